The highest BCUT2D eigenvalue weighted by Gasteiger charge is 2.12. The second kappa shape index (κ2) is 4.28. The first-order valence-electron chi connectivity index (χ1n) is 3.70. The number of phenolic OH excluding ortho intramolecular Hbond substituents is 1. The molecule has 5 heteroatoms. The average Bonchev–Trinajstić information content (AvgIpc) is 2.10. The molecule has 3 nitrogen and oxygen atoms in total. The summed E-state index contributed by atoms with van der Waals surface area (Å²) < 4.78 is 0.567. The van der Waals surface area contributed by atoms with Crippen LogP contribution in [0.2, 0.25) is 5.02 Å². The number of nitrogens with two attached hydrogens (primary N) is 1. The fourth-order valence-corrected chi connectivity index (χ4v) is 1.84. The third-order valence-corrected chi connectivity index (χ3v) is 2.60. The number of benzene rings is 1. The summed E-state index contributed by atoms with van der Waals surface area (Å²) >= 11 is 9.00. The van der Waals surface area contributed by atoms with Gasteiger partial charge in [-0.25, -0.2) is 0 Å². The van der Waals surface area contributed by atoms with Crippen LogP contribution >= 0.6 is 27.5 Å². The molecule has 0 saturated carbocycles. The number of rotatable bonds is 2. The Balaban J connectivity index is 3.20. The van der Waals surface area contributed by atoms with Gasteiger partial charge >= 0.3 is 0 Å². The van der Waals surface area contributed by atoms with Gasteiger partial charge in [-0.2, -0.15) is 0 Å². The molecule has 72 valence electrons. The van der Waals surface area contributed by atoms with Gasteiger partial charge in [0.15, 0.2) is 0 Å². The highest BCUT2D eigenvalue weighted by atomic mass is 79.9. The molecule has 0 amide bonds. The SMILES string of the molecule is C[C@@H](NN)c1cc(Cl)cc(Br)c1O. The van der Waals surface area contributed by atoms with Crippen LogP contribution in [0.1, 0.15) is 18.5 Å². The van der Waals surface area contributed by atoms with Crippen LogP contribution in [0.3, 0.4) is 0 Å². The van der Waals surface area contributed by atoms with E-state index in [2.05, 4.69) is 21.4 Å². The second-order valence-corrected chi connectivity index (χ2v) is 4.00. The van der Waals surface area contributed by atoms with Crippen molar-refractivity contribution in [2.75, 3.05) is 0 Å². The number of hydrazine groups is 1. The van der Waals surface area contributed by atoms with E-state index in [0.29, 0.717) is 15.1 Å². The van der Waals surface area contributed by atoms with E-state index >= 15 is 0 Å². The third-order valence-electron chi connectivity index (χ3n) is 1.77. The first kappa shape index (κ1) is 10.8. The average molecular weight is 266 g/mol. The van der Waals surface area contributed by atoms with Crippen molar-refractivity contribution < 1.29 is 5.11 Å². The smallest absolute Gasteiger partial charge is 0.134 e. The van der Waals surface area contributed by atoms with E-state index in [-0.39, 0.29) is 11.8 Å². The highest BCUT2D eigenvalue weighted by molar-refractivity contribution is 9.10. The van der Waals surface area contributed by atoms with Gasteiger partial charge in [-0.3, -0.25) is 11.3 Å². The lowest BCUT2D eigenvalue weighted by molar-refractivity contribution is 0.451. The van der Waals surface area contributed by atoms with Gasteiger partial charge in [0.1, 0.15) is 5.75 Å². The zero-order chi connectivity index (χ0) is 10.0. The number of halogens is 2. The molecule has 0 spiro atoms. The Morgan fingerprint density at radius 1 is 1.62 bits per heavy atom. The summed E-state index contributed by atoms with van der Waals surface area (Å²) in [6.45, 7) is 1.83. The first-order chi connectivity index (χ1) is 6.06. The summed E-state index contributed by atoms with van der Waals surface area (Å²) in [7, 11) is 0. The van der Waals surface area contributed by atoms with E-state index in [0.717, 1.165) is 0 Å². The number of phenols is 1. The van der Waals surface area contributed by atoms with E-state index in [1.165, 1.54) is 0 Å². The molecule has 0 fully saturated rings. The minimum atomic E-state index is -0.144. The number of aromatic hydroxyl groups is 1. The van der Waals surface area contributed by atoms with Crippen LogP contribution in [-0.4, -0.2) is 5.11 Å². The Bertz CT molecular complexity index is 319. The molecule has 0 aliphatic heterocycles. The molecule has 1 aromatic rings. The first-order valence-corrected chi connectivity index (χ1v) is 4.87. The predicted octanol–water partition coefficient (Wildman–Crippen LogP) is 2.33. The molecule has 0 unspecified atom stereocenters. The lowest BCUT2D eigenvalue weighted by atomic mass is 10.1. The molecule has 13 heavy (non-hydrogen) atoms. The maximum atomic E-state index is 9.62. The molecule has 0 bridgehead atoms. The van der Waals surface area contributed by atoms with Crippen molar-refractivity contribution in [2.24, 2.45) is 5.84 Å². The maximum absolute atomic E-state index is 9.62. The van der Waals surface area contributed by atoms with Gasteiger partial charge in [0.25, 0.3) is 0 Å². The minimum absolute atomic E-state index is 0.144. The zero-order valence-corrected chi connectivity index (χ0v) is 9.35. The molecule has 0 aliphatic carbocycles. The fraction of sp³-hybridized carbons (Fsp3) is 0.250. The molecule has 1 rings (SSSR count). The van der Waals surface area contributed by atoms with Gasteiger partial charge in [0, 0.05) is 16.6 Å². The Labute approximate surface area is 90.0 Å². The Kier molecular flexibility index (Phi) is 3.55. The summed E-state index contributed by atoms with van der Waals surface area (Å²) in [5.41, 5.74) is 3.21. The number of nitrogens with one attached hydrogen (secondary N) is 1. The fourth-order valence-electron chi connectivity index (χ4n) is 1.01. The van der Waals surface area contributed by atoms with Crippen molar-refractivity contribution in [1.29, 1.82) is 0 Å². The maximum Gasteiger partial charge on any atom is 0.134 e. The Morgan fingerprint density at radius 2 is 2.23 bits per heavy atom. The number of hydrogen-bond acceptors (Lipinski definition) is 3. The van der Waals surface area contributed by atoms with E-state index in [1.807, 2.05) is 6.92 Å². The minimum Gasteiger partial charge on any atom is -0.506 e. The van der Waals surface area contributed by atoms with Crippen molar-refractivity contribution in [3.8, 4) is 5.75 Å². The summed E-state index contributed by atoms with van der Waals surface area (Å²) in [6.07, 6.45) is 0. The zero-order valence-electron chi connectivity index (χ0n) is 7.01. The lowest BCUT2D eigenvalue weighted by Crippen LogP contribution is -2.25. The predicted molar refractivity (Wildman–Crippen MR) is 56.6 cm³/mol. The van der Waals surface area contributed by atoms with Gasteiger partial charge in [0.05, 0.1) is 4.47 Å². The molecule has 0 radical (unpaired) electrons. The van der Waals surface area contributed by atoms with Crippen LogP contribution in [0.25, 0.3) is 0 Å². The summed E-state index contributed by atoms with van der Waals surface area (Å²) in [5.74, 6) is 5.42. The quantitative estimate of drug-likeness (QED) is 0.568. The van der Waals surface area contributed by atoms with Crippen LogP contribution in [0.5, 0.6) is 5.75 Å². The Morgan fingerprint density at radius 3 is 2.77 bits per heavy atom. The largest absolute Gasteiger partial charge is 0.506 e. The van der Waals surface area contributed by atoms with E-state index in [9.17, 15) is 5.11 Å². The van der Waals surface area contributed by atoms with Crippen molar-refractivity contribution in [3.63, 3.8) is 0 Å². The van der Waals surface area contributed by atoms with Crippen molar-refractivity contribution in [3.05, 3.63) is 27.2 Å². The van der Waals surface area contributed by atoms with E-state index in [1.54, 1.807) is 12.1 Å². The van der Waals surface area contributed by atoms with Gasteiger partial charge in [-0.15, -0.1) is 0 Å². The van der Waals surface area contributed by atoms with Gasteiger partial charge in [-0.05, 0) is 35.0 Å². The van der Waals surface area contributed by atoms with Crippen molar-refractivity contribution in [2.45, 2.75) is 13.0 Å². The van der Waals surface area contributed by atoms with Gasteiger partial charge in [-0.1, -0.05) is 11.6 Å². The van der Waals surface area contributed by atoms with E-state index in [4.69, 9.17) is 17.4 Å². The summed E-state index contributed by atoms with van der Waals surface area (Å²) in [5, 5.41) is 10.2. The molecule has 0 saturated heterocycles. The van der Waals surface area contributed by atoms with Crippen molar-refractivity contribution >= 4 is 27.5 Å². The van der Waals surface area contributed by atoms with Crippen LogP contribution in [0.15, 0.2) is 16.6 Å². The molecule has 1 aromatic carbocycles. The summed E-state index contributed by atoms with van der Waals surface area (Å²) in [4.78, 5) is 0. The van der Waals surface area contributed by atoms with Gasteiger partial charge < -0.3 is 5.11 Å². The van der Waals surface area contributed by atoms with Gasteiger partial charge in [0.2, 0.25) is 0 Å². The van der Waals surface area contributed by atoms with Crippen LogP contribution in [0.4, 0.5) is 0 Å². The molecule has 0 aromatic heterocycles. The second-order valence-electron chi connectivity index (χ2n) is 2.71. The van der Waals surface area contributed by atoms with Crippen molar-refractivity contribution in [1.82, 2.24) is 5.43 Å². The molecule has 4 N–H and O–H groups in total. The van der Waals surface area contributed by atoms with Crippen LogP contribution < -0.4 is 11.3 Å². The highest BCUT2D eigenvalue weighted by Crippen LogP contribution is 2.34. The number of hydrogen-bond donors (Lipinski definition) is 3. The topological polar surface area (TPSA) is 58.3 Å². The standard InChI is InChI=1S/C8H10BrClN2O/c1-4(12-11)6-2-5(10)3-7(9)8(6)13/h2-4,12-13H,11H2,1H3/t4-/m1/s1. The normalized spacial score (nSPS) is 12.9. The molecule has 1 atom stereocenters. The molecule has 0 aliphatic rings. The Hall–Kier alpha value is -0.290. The lowest BCUT2D eigenvalue weighted by Gasteiger charge is -2.13. The van der Waals surface area contributed by atoms with Crippen LogP contribution in [-0.2, 0) is 0 Å². The molecular formula is C8H10BrClN2O. The van der Waals surface area contributed by atoms with E-state index < -0.39 is 0 Å². The molecule has 0 heterocycles. The summed E-state index contributed by atoms with van der Waals surface area (Å²) in [6, 6.07) is 3.16. The molecular weight excluding hydrogens is 255 g/mol. The monoisotopic (exact) mass is 264 g/mol. The van der Waals surface area contributed by atoms with Crippen LogP contribution in [0, 0.1) is 0 Å². The third kappa shape index (κ3) is 2.34.